The van der Waals surface area contributed by atoms with Crippen LogP contribution < -0.4 is 5.32 Å². The highest BCUT2D eigenvalue weighted by Gasteiger charge is 2.56. The number of piperidine rings is 1. The van der Waals surface area contributed by atoms with E-state index in [1.165, 1.54) is 25.9 Å². The maximum absolute atomic E-state index is 3.46. The van der Waals surface area contributed by atoms with E-state index in [1.807, 2.05) is 0 Å². The fraction of sp³-hybridized carbons (Fsp3) is 1.00. The summed E-state index contributed by atoms with van der Waals surface area (Å²) < 4.78 is 0. The molecule has 0 aromatic carbocycles. The molecule has 1 N–H and O–H groups in total. The molecule has 1 heterocycles. The molecule has 1 aliphatic carbocycles. The first-order chi connectivity index (χ1) is 4.76. The molecule has 0 amide bonds. The normalized spacial score (nSPS) is 45.3. The third-order valence-corrected chi connectivity index (χ3v) is 3.59. The minimum Gasteiger partial charge on any atom is -0.316 e. The highest BCUT2D eigenvalue weighted by molar-refractivity contribution is 5.07. The zero-order valence-electron chi connectivity index (χ0n) is 6.98. The van der Waals surface area contributed by atoms with Gasteiger partial charge >= 0.3 is 0 Å². The predicted octanol–water partition coefficient (Wildman–Crippen LogP) is 1.64. The second-order valence-corrected chi connectivity index (χ2v) is 4.24. The third-order valence-electron chi connectivity index (χ3n) is 3.59. The Morgan fingerprint density at radius 2 is 2.30 bits per heavy atom. The monoisotopic (exact) mass is 139 g/mol. The SMILES string of the molecule is CC(C)[C@]12CCNCC1C2. The second-order valence-electron chi connectivity index (χ2n) is 4.24. The molecule has 2 aliphatic rings. The van der Waals surface area contributed by atoms with Crippen LogP contribution in [0.25, 0.3) is 0 Å². The van der Waals surface area contributed by atoms with E-state index < -0.39 is 0 Å². The van der Waals surface area contributed by atoms with Crippen molar-refractivity contribution in [3.63, 3.8) is 0 Å². The van der Waals surface area contributed by atoms with Crippen molar-refractivity contribution >= 4 is 0 Å². The number of hydrogen-bond donors (Lipinski definition) is 1. The molecule has 1 aliphatic heterocycles. The van der Waals surface area contributed by atoms with Crippen molar-refractivity contribution in [1.29, 1.82) is 0 Å². The lowest BCUT2D eigenvalue weighted by Gasteiger charge is -2.26. The third kappa shape index (κ3) is 0.731. The van der Waals surface area contributed by atoms with E-state index in [9.17, 15) is 0 Å². The minimum absolute atomic E-state index is 0.783. The van der Waals surface area contributed by atoms with Gasteiger partial charge in [-0.1, -0.05) is 13.8 Å². The number of nitrogens with one attached hydrogen (secondary N) is 1. The van der Waals surface area contributed by atoms with Gasteiger partial charge in [0.05, 0.1) is 0 Å². The molecule has 1 unspecified atom stereocenters. The molecule has 2 fully saturated rings. The van der Waals surface area contributed by atoms with Gasteiger partial charge in [-0.2, -0.15) is 0 Å². The lowest BCUT2D eigenvalue weighted by atomic mass is 9.85. The Balaban J connectivity index is 2.05. The summed E-state index contributed by atoms with van der Waals surface area (Å²) in [5, 5.41) is 3.46. The molecule has 0 aromatic heterocycles. The summed E-state index contributed by atoms with van der Waals surface area (Å²) >= 11 is 0. The topological polar surface area (TPSA) is 12.0 Å². The highest BCUT2D eigenvalue weighted by Crippen LogP contribution is 2.60. The first kappa shape index (κ1) is 6.66. The number of rotatable bonds is 1. The summed E-state index contributed by atoms with van der Waals surface area (Å²) in [4.78, 5) is 0. The molecule has 1 nitrogen and oxygen atoms in total. The van der Waals surface area contributed by atoms with Gasteiger partial charge in [-0.25, -0.2) is 0 Å². The molecule has 58 valence electrons. The largest absolute Gasteiger partial charge is 0.316 e. The van der Waals surface area contributed by atoms with E-state index >= 15 is 0 Å². The maximum atomic E-state index is 3.46. The summed E-state index contributed by atoms with van der Waals surface area (Å²) in [7, 11) is 0. The zero-order chi connectivity index (χ0) is 7.19. The predicted molar refractivity (Wildman–Crippen MR) is 42.9 cm³/mol. The molecule has 0 bridgehead atoms. The number of hydrogen-bond acceptors (Lipinski definition) is 1. The summed E-state index contributed by atoms with van der Waals surface area (Å²) in [6.07, 6.45) is 2.92. The summed E-state index contributed by atoms with van der Waals surface area (Å²) in [6.45, 7) is 7.31. The first-order valence-electron chi connectivity index (χ1n) is 4.46. The van der Waals surface area contributed by atoms with Crippen molar-refractivity contribution < 1.29 is 0 Å². The summed E-state index contributed by atoms with van der Waals surface area (Å²) in [5.74, 6) is 1.95. The van der Waals surface area contributed by atoms with Crippen molar-refractivity contribution in [2.45, 2.75) is 26.7 Å². The maximum Gasteiger partial charge on any atom is -0.00149 e. The summed E-state index contributed by atoms with van der Waals surface area (Å²) in [5.41, 5.74) is 0.783. The average molecular weight is 139 g/mol. The molecule has 0 aromatic rings. The summed E-state index contributed by atoms with van der Waals surface area (Å²) in [6, 6.07) is 0. The van der Waals surface area contributed by atoms with Crippen LogP contribution in [0.2, 0.25) is 0 Å². The van der Waals surface area contributed by atoms with Crippen molar-refractivity contribution in [3.05, 3.63) is 0 Å². The Morgan fingerprint density at radius 3 is 2.80 bits per heavy atom. The van der Waals surface area contributed by atoms with E-state index in [0.717, 1.165) is 17.3 Å². The van der Waals surface area contributed by atoms with Gasteiger partial charge in [0, 0.05) is 0 Å². The van der Waals surface area contributed by atoms with Gasteiger partial charge in [-0.05, 0) is 43.2 Å². The van der Waals surface area contributed by atoms with Crippen molar-refractivity contribution in [3.8, 4) is 0 Å². The van der Waals surface area contributed by atoms with Crippen LogP contribution in [0, 0.1) is 17.3 Å². The van der Waals surface area contributed by atoms with Crippen molar-refractivity contribution in [2.75, 3.05) is 13.1 Å². The van der Waals surface area contributed by atoms with Crippen LogP contribution >= 0.6 is 0 Å². The van der Waals surface area contributed by atoms with Crippen LogP contribution in [0.4, 0.5) is 0 Å². The van der Waals surface area contributed by atoms with Gasteiger partial charge in [-0.15, -0.1) is 0 Å². The molecular weight excluding hydrogens is 122 g/mol. The Kier molecular flexibility index (Phi) is 1.31. The van der Waals surface area contributed by atoms with Gasteiger partial charge in [0.2, 0.25) is 0 Å². The van der Waals surface area contributed by atoms with Gasteiger partial charge in [-0.3, -0.25) is 0 Å². The lowest BCUT2D eigenvalue weighted by Crippen LogP contribution is -2.31. The van der Waals surface area contributed by atoms with Gasteiger partial charge < -0.3 is 5.32 Å². The number of fused-ring (bicyclic) bond motifs is 1. The second kappa shape index (κ2) is 1.97. The van der Waals surface area contributed by atoms with Crippen molar-refractivity contribution in [1.82, 2.24) is 5.32 Å². The molecule has 10 heavy (non-hydrogen) atoms. The minimum atomic E-state index is 0.783. The zero-order valence-corrected chi connectivity index (χ0v) is 6.98. The van der Waals surface area contributed by atoms with Crippen LogP contribution in [0.3, 0.4) is 0 Å². The Hall–Kier alpha value is -0.0400. The van der Waals surface area contributed by atoms with Crippen LogP contribution in [0.15, 0.2) is 0 Å². The molecule has 2 atom stereocenters. The molecule has 1 saturated carbocycles. The van der Waals surface area contributed by atoms with Gasteiger partial charge in [0.15, 0.2) is 0 Å². The molecule has 0 spiro atoms. The average Bonchev–Trinajstić information content (AvgIpc) is 2.61. The van der Waals surface area contributed by atoms with E-state index in [1.54, 1.807) is 0 Å². The van der Waals surface area contributed by atoms with E-state index in [2.05, 4.69) is 19.2 Å². The van der Waals surface area contributed by atoms with E-state index in [4.69, 9.17) is 0 Å². The lowest BCUT2D eigenvalue weighted by molar-refractivity contribution is 0.264. The first-order valence-corrected chi connectivity index (χ1v) is 4.46. The van der Waals surface area contributed by atoms with Gasteiger partial charge in [0.1, 0.15) is 0 Å². The Morgan fingerprint density at radius 1 is 1.50 bits per heavy atom. The standard InChI is InChI=1S/C9H17N/c1-7(2)9-3-4-10-6-8(9)5-9/h7-8,10H,3-6H2,1-2H3/t8?,9-/m1/s1. The van der Waals surface area contributed by atoms with E-state index in [-0.39, 0.29) is 0 Å². The molecule has 1 heteroatoms. The Labute approximate surface area is 63.2 Å². The molecular formula is C9H17N. The highest BCUT2D eigenvalue weighted by atomic mass is 14.9. The van der Waals surface area contributed by atoms with Gasteiger partial charge in [0.25, 0.3) is 0 Å². The molecule has 0 radical (unpaired) electrons. The smallest absolute Gasteiger partial charge is 0.00149 e. The van der Waals surface area contributed by atoms with Crippen LogP contribution in [0.5, 0.6) is 0 Å². The Bertz CT molecular complexity index is 142. The van der Waals surface area contributed by atoms with Crippen molar-refractivity contribution in [2.24, 2.45) is 17.3 Å². The fourth-order valence-corrected chi connectivity index (χ4v) is 2.57. The quantitative estimate of drug-likeness (QED) is 0.582. The van der Waals surface area contributed by atoms with E-state index in [0.29, 0.717) is 0 Å². The van der Waals surface area contributed by atoms with Crippen LogP contribution in [-0.4, -0.2) is 13.1 Å². The fourth-order valence-electron chi connectivity index (χ4n) is 2.57. The molecule has 2 rings (SSSR count). The molecule has 1 saturated heterocycles. The van der Waals surface area contributed by atoms with Crippen LogP contribution in [-0.2, 0) is 0 Å². The van der Waals surface area contributed by atoms with Crippen LogP contribution in [0.1, 0.15) is 26.7 Å².